The van der Waals surface area contributed by atoms with E-state index in [4.69, 9.17) is 18.9 Å². The van der Waals surface area contributed by atoms with E-state index in [-0.39, 0.29) is 50.5 Å². The van der Waals surface area contributed by atoms with E-state index in [2.05, 4.69) is 15.8 Å². The third-order valence-corrected chi connectivity index (χ3v) is 14.7. The molecule has 4 saturated carbocycles. The lowest BCUT2D eigenvalue weighted by Gasteiger charge is -2.54. The van der Waals surface area contributed by atoms with E-state index in [1.807, 2.05) is 0 Å². The topological polar surface area (TPSA) is 226 Å². The molecular weight excluding hydrogens is 811 g/mol. The van der Waals surface area contributed by atoms with Crippen LogP contribution in [0, 0.1) is 54.3 Å². The zero-order valence-electron chi connectivity index (χ0n) is 37.5. The number of ketones is 1. The number of esters is 1. The van der Waals surface area contributed by atoms with E-state index in [1.54, 1.807) is 46.8 Å². The second-order valence-electron chi connectivity index (χ2n) is 19.0. The average molecular weight is 874 g/mol. The predicted molar refractivity (Wildman–Crippen MR) is 235 cm³/mol. The number of fused-ring (bicyclic) bond motifs is 14. The van der Waals surface area contributed by atoms with Crippen LogP contribution in [-0.4, -0.2) is 92.8 Å². The number of nitrogens with one attached hydrogen (secondary N) is 2. The highest BCUT2D eigenvalue weighted by Gasteiger charge is 2.51. The first kappa shape index (κ1) is 45.9. The number of aromatic hydroxyl groups is 3. The lowest BCUT2D eigenvalue weighted by atomic mass is 9.54. The number of hydrogen-bond acceptors (Lipinski definition) is 14. The molecule has 15 nitrogen and oxygen atoms in total. The van der Waals surface area contributed by atoms with Crippen molar-refractivity contribution in [1.29, 1.82) is 0 Å². The summed E-state index contributed by atoms with van der Waals surface area (Å²) in [6.07, 6.45) is 10.8. The maximum Gasteiger partial charge on any atom is 0.312 e. The number of nitrogens with zero attached hydrogens (tertiary/aromatic N) is 1. The van der Waals surface area contributed by atoms with E-state index in [9.17, 15) is 39.9 Å². The molecule has 9 bridgehead atoms. The molecule has 4 aliphatic carbocycles. The van der Waals surface area contributed by atoms with Crippen LogP contribution in [0.3, 0.4) is 0 Å². The maximum absolute atomic E-state index is 14.6. The molecule has 0 radical (unpaired) electrons. The zero-order valence-corrected chi connectivity index (χ0v) is 37.5. The normalized spacial score (nSPS) is 37.6. The van der Waals surface area contributed by atoms with Crippen molar-refractivity contribution in [2.45, 2.75) is 124 Å². The van der Waals surface area contributed by atoms with Gasteiger partial charge >= 0.3 is 11.8 Å². The standard InChI is InChI=1S/C48H63N3O12/c1-21-11-10-12-22(2)47(59)50-38-32(20-49-51-37-30-16-28-15-29(18-30)19-31(37)17-28)42(56)34-35(43(38)57)41(55)26(6)45-36(34)46(58)48(8,63-45)61-14-13-33(60-9)23(3)44(62-27(7)52)25(5)40(54)24(4)39(21)53/h10-14,20-21,23-25,28-31,33,37,39-40,44,51,53-57H,15-19H2,1-9H3,(H,50,59)/b11-10+,14-13+,22-12+,49-20+. The van der Waals surface area contributed by atoms with E-state index in [0.29, 0.717) is 11.8 Å². The van der Waals surface area contributed by atoms with Gasteiger partial charge in [-0.05, 0) is 75.7 Å². The van der Waals surface area contributed by atoms with Crippen LogP contribution >= 0.6 is 0 Å². The molecule has 0 aromatic heterocycles. The molecule has 0 spiro atoms. The van der Waals surface area contributed by atoms with Gasteiger partial charge in [0.1, 0.15) is 23.4 Å². The van der Waals surface area contributed by atoms with Gasteiger partial charge in [-0.1, -0.05) is 45.9 Å². The van der Waals surface area contributed by atoms with Crippen LogP contribution in [0.5, 0.6) is 23.0 Å². The van der Waals surface area contributed by atoms with Crippen molar-refractivity contribution in [2.75, 3.05) is 12.4 Å². The van der Waals surface area contributed by atoms with Crippen LogP contribution in [0.4, 0.5) is 5.69 Å². The lowest BCUT2D eigenvalue weighted by molar-refractivity contribution is -0.160. The summed E-state index contributed by atoms with van der Waals surface area (Å²) in [6, 6.07) is 0.120. The number of phenolic OH excluding ortho intramolecular Hbond substituents is 3. The number of rotatable bonds is 5. The van der Waals surface area contributed by atoms with Crippen LogP contribution in [0.15, 0.2) is 41.2 Å². The minimum Gasteiger partial charge on any atom is -0.507 e. The number of carbonyl (C=O) groups excluding carboxylic acids is 3. The zero-order chi connectivity index (χ0) is 45.8. The quantitative estimate of drug-likeness (QED) is 0.0561. The van der Waals surface area contributed by atoms with Gasteiger partial charge < -0.3 is 55.2 Å². The van der Waals surface area contributed by atoms with Crippen molar-refractivity contribution >= 4 is 40.3 Å². The second-order valence-corrected chi connectivity index (χ2v) is 19.0. The fourth-order valence-electron chi connectivity index (χ4n) is 11.2. The summed E-state index contributed by atoms with van der Waals surface area (Å²) in [5.74, 6) is -5.86. The van der Waals surface area contributed by atoms with Gasteiger partial charge in [-0.2, -0.15) is 5.10 Å². The van der Waals surface area contributed by atoms with Crippen LogP contribution < -0.4 is 15.5 Å². The first-order valence-corrected chi connectivity index (χ1v) is 22.1. The highest BCUT2D eigenvalue weighted by Crippen LogP contribution is 2.56. The number of ether oxygens (including phenoxy) is 4. The molecule has 7 aliphatic rings. The molecule has 1 amide bonds. The number of phenols is 3. The number of allylic oxidation sites excluding steroid dienone is 2. The molecule has 3 heterocycles. The minimum absolute atomic E-state index is 0.0662. The molecule has 2 aromatic carbocycles. The Hall–Kier alpha value is -5.12. The van der Waals surface area contributed by atoms with Crippen molar-refractivity contribution in [2.24, 2.45) is 52.4 Å². The van der Waals surface area contributed by atoms with Crippen LogP contribution in [0.25, 0.3) is 10.8 Å². The fraction of sp³-hybridized carbons (Fsp3) is 0.583. The van der Waals surface area contributed by atoms with Crippen molar-refractivity contribution in [3.63, 3.8) is 0 Å². The average Bonchev–Trinajstić information content (AvgIpc) is 3.50. The van der Waals surface area contributed by atoms with Gasteiger partial charge in [-0.25, -0.2) is 0 Å². The second kappa shape index (κ2) is 17.8. The summed E-state index contributed by atoms with van der Waals surface area (Å²) in [6.45, 7) is 12.6. The van der Waals surface area contributed by atoms with Crippen LogP contribution in [0.2, 0.25) is 0 Å². The van der Waals surface area contributed by atoms with E-state index < -0.39 is 88.8 Å². The number of hydrazone groups is 1. The van der Waals surface area contributed by atoms with Gasteiger partial charge in [-0.3, -0.25) is 14.4 Å². The molecule has 2 aromatic rings. The van der Waals surface area contributed by atoms with Gasteiger partial charge in [0.05, 0.1) is 53.0 Å². The molecule has 9 atom stereocenters. The smallest absolute Gasteiger partial charge is 0.312 e. The Morgan fingerprint density at radius 3 is 2.17 bits per heavy atom. The number of aliphatic hydroxyl groups is 2. The third-order valence-electron chi connectivity index (χ3n) is 14.7. The Kier molecular flexibility index (Phi) is 13.0. The largest absolute Gasteiger partial charge is 0.507 e. The van der Waals surface area contributed by atoms with Gasteiger partial charge in [0.25, 0.3) is 11.7 Å². The Balaban J connectivity index is 1.34. The molecule has 63 heavy (non-hydrogen) atoms. The molecule has 9 rings (SSSR count). The third kappa shape index (κ3) is 8.39. The number of anilines is 1. The Morgan fingerprint density at radius 2 is 1.56 bits per heavy atom. The van der Waals surface area contributed by atoms with Crippen molar-refractivity contribution in [3.8, 4) is 23.0 Å². The molecular formula is C48H63N3O12. The van der Waals surface area contributed by atoms with Crippen molar-refractivity contribution in [3.05, 3.63) is 52.8 Å². The molecule has 15 heteroatoms. The van der Waals surface area contributed by atoms with Gasteiger partial charge in [0.15, 0.2) is 5.75 Å². The highest BCUT2D eigenvalue weighted by molar-refractivity contribution is 6.23. The monoisotopic (exact) mass is 873 g/mol. The Labute approximate surface area is 368 Å². The predicted octanol–water partition coefficient (Wildman–Crippen LogP) is 6.50. The van der Waals surface area contributed by atoms with E-state index in [1.165, 1.54) is 58.9 Å². The number of hydrogen-bond donors (Lipinski definition) is 7. The fourth-order valence-corrected chi connectivity index (χ4v) is 11.2. The summed E-state index contributed by atoms with van der Waals surface area (Å²) < 4.78 is 23.7. The highest BCUT2D eigenvalue weighted by atomic mass is 16.7. The van der Waals surface area contributed by atoms with E-state index in [0.717, 1.165) is 37.5 Å². The molecule has 9 unspecified atom stereocenters. The summed E-state index contributed by atoms with van der Waals surface area (Å²) in [5, 5.41) is 65.7. The molecule has 342 valence electrons. The SMILES string of the molecule is COC1/C=C/OC2(C)Oc3c(C)c(O)c4c(O)c(c(/C=N/NC5C6CC7CC(C6)CC5C7)c(O)c4c3C2=O)NC(=O)/C(C)=C/C=C/C(C)C(O)C(C)C(O)C(C)C(OC(C)=O)C1C. The lowest BCUT2D eigenvalue weighted by Crippen LogP contribution is -2.53. The number of carbonyl (C=O) groups is 3. The summed E-state index contributed by atoms with van der Waals surface area (Å²) >= 11 is 0. The van der Waals surface area contributed by atoms with Crippen LogP contribution in [0.1, 0.15) is 102 Å². The number of aliphatic hydroxyl groups excluding tert-OH is 2. The van der Waals surface area contributed by atoms with Crippen molar-refractivity contribution in [1.82, 2.24) is 5.43 Å². The van der Waals surface area contributed by atoms with Crippen LogP contribution in [-0.2, 0) is 23.8 Å². The maximum atomic E-state index is 14.6. The van der Waals surface area contributed by atoms with Gasteiger partial charge in [0.2, 0.25) is 0 Å². The Morgan fingerprint density at radius 1 is 0.905 bits per heavy atom. The molecule has 3 aliphatic heterocycles. The first-order chi connectivity index (χ1) is 29.8. The first-order valence-electron chi connectivity index (χ1n) is 22.1. The number of amides is 1. The number of methoxy groups -OCH3 is 1. The minimum atomic E-state index is -2.04. The number of benzene rings is 2. The van der Waals surface area contributed by atoms with Crippen molar-refractivity contribution < 1.29 is 58.9 Å². The summed E-state index contributed by atoms with van der Waals surface area (Å²) in [4.78, 5) is 40.8. The van der Waals surface area contributed by atoms with E-state index >= 15 is 0 Å². The molecule has 4 fully saturated rings. The molecule has 0 saturated heterocycles. The summed E-state index contributed by atoms with van der Waals surface area (Å²) in [7, 11) is 1.45. The van der Waals surface area contributed by atoms with Gasteiger partial charge in [-0.15, -0.1) is 0 Å². The Bertz CT molecular complexity index is 2240. The van der Waals surface area contributed by atoms with Gasteiger partial charge in [0, 0.05) is 67.2 Å². The number of Topliss-reactive ketones (excluding diaryl/α,β-unsaturated/α-hetero) is 1. The summed E-state index contributed by atoms with van der Waals surface area (Å²) in [5.41, 5.74) is 3.05. The molecule has 7 N–H and O–H groups in total.